The maximum absolute atomic E-state index is 11.3. The third-order valence-corrected chi connectivity index (χ3v) is 8.89. The average molecular weight is 439 g/mol. The molecule has 4 rings (SSSR count). The maximum Gasteiger partial charge on any atom is 0.306 e. The average Bonchev–Trinajstić information content (AvgIpc) is 3.39. The summed E-state index contributed by atoms with van der Waals surface area (Å²) in [6.45, 7) is 8.96. The molecule has 4 fully saturated rings. The minimum absolute atomic E-state index is 0. The van der Waals surface area contributed by atoms with Crippen LogP contribution in [0.1, 0.15) is 100 Å². The molecular weight excluding hydrogens is 388 g/mol. The van der Waals surface area contributed by atoms with Gasteiger partial charge in [0, 0.05) is 0 Å². The summed E-state index contributed by atoms with van der Waals surface area (Å²) in [6.07, 6.45) is 10.3. The first-order valence-corrected chi connectivity index (χ1v) is 12.2. The van der Waals surface area contributed by atoms with Crippen LogP contribution in [0.2, 0.25) is 0 Å². The van der Waals surface area contributed by atoms with Gasteiger partial charge in [0.25, 0.3) is 0 Å². The van der Waals surface area contributed by atoms with Crippen molar-refractivity contribution in [2.45, 2.75) is 100 Å². The van der Waals surface area contributed by atoms with E-state index in [2.05, 4.69) is 27.7 Å². The highest BCUT2D eigenvalue weighted by molar-refractivity contribution is 5.71. The lowest BCUT2D eigenvalue weighted by atomic mass is 9.71. The van der Waals surface area contributed by atoms with Crippen LogP contribution in [0.5, 0.6) is 0 Å². The first kappa shape index (κ1) is 28.0. The molecule has 31 heavy (non-hydrogen) atoms. The summed E-state index contributed by atoms with van der Waals surface area (Å²) in [5, 5.41) is 18.3. The molecule has 0 saturated heterocycles. The van der Waals surface area contributed by atoms with Crippen molar-refractivity contribution < 1.29 is 19.8 Å². The van der Waals surface area contributed by atoms with Crippen LogP contribution in [0.25, 0.3) is 0 Å². The normalized spacial score (nSPS) is 42.1. The molecule has 4 aliphatic carbocycles. The van der Waals surface area contributed by atoms with Gasteiger partial charge in [-0.3, -0.25) is 9.59 Å². The van der Waals surface area contributed by atoms with Gasteiger partial charge in [-0.25, -0.2) is 0 Å². The van der Waals surface area contributed by atoms with Crippen molar-refractivity contribution in [3.8, 4) is 0 Å². The SMILES string of the molecule is C.C.CCCC1CC(C)C2C3CC(C(=O)O)C(C3)C12.CCCC1CC(C)CC1C(=O)O. The molecule has 0 radical (unpaired) electrons. The Morgan fingerprint density at radius 3 is 1.87 bits per heavy atom. The van der Waals surface area contributed by atoms with E-state index < -0.39 is 11.9 Å². The predicted octanol–water partition coefficient (Wildman–Crippen LogP) is 7.22. The minimum atomic E-state index is -0.585. The zero-order chi connectivity index (χ0) is 21.3. The van der Waals surface area contributed by atoms with Gasteiger partial charge in [-0.1, -0.05) is 61.8 Å². The molecule has 10 atom stereocenters. The molecule has 2 bridgehead atoms. The molecule has 4 saturated carbocycles. The van der Waals surface area contributed by atoms with Crippen molar-refractivity contribution >= 4 is 11.9 Å². The van der Waals surface area contributed by atoms with E-state index in [1.165, 1.54) is 25.7 Å². The van der Waals surface area contributed by atoms with Crippen LogP contribution in [0.3, 0.4) is 0 Å². The summed E-state index contributed by atoms with van der Waals surface area (Å²) in [5.41, 5.74) is 0. The van der Waals surface area contributed by atoms with Crippen LogP contribution >= 0.6 is 0 Å². The van der Waals surface area contributed by atoms with Gasteiger partial charge in [-0.05, 0) is 85.9 Å². The fourth-order valence-corrected chi connectivity index (χ4v) is 8.11. The van der Waals surface area contributed by atoms with Crippen LogP contribution < -0.4 is 0 Å². The fraction of sp³-hybridized carbons (Fsp3) is 0.926. The van der Waals surface area contributed by atoms with Gasteiger partial charge >= 0.3 is 11.9 Å². The Bertz CT molecular complexity index is 588. The highest BCUT2D eigenvalue weighted by Crippen LogP contribution is 2.65. The molecule has 0 aromatic carbocycles. The minimum Gasteiger partial charge on any atom is -0.481 e. The van der Waals surface area contributed by atoms with Crippen LogP contribution in [-0.2, 0) is 9.59 Å². The van der Waals surface area contributed by atoms with Crippen molar-refractivity contribution in [1.29, 1.82) is 0 Å². The second-order valence-electron chi connectivity index (χ2n) is 10.8. The zero-order valence-electron chi connectivity index (χ0n) is 18.8. The maximum atomic E-state index is 11.3. The molecule has 0 aromatic rings. The molecule has 2 N–H and O–H groups in total. The van der Waals surface area contributed by atoms with Crippen LogP contribution in [-0.4, -0.2) is 22.2 Å². The molecule has 4 nitrogen and oxygen atoms in total. The van der Waals surface area contributed by atoms with Gasteiger partial charge in [0.05, 0.1) is 11.8 Å². The first-order valence-electron chi connectivity index (χ1n) is 12.2. The Hall–Kier alpha value is -1.06. The topological polar surface area (TPSA) is 74.6 Å². The van der Waals surface area contributed by atoms with Crippen molar-refractivity contribution in [3.05, 3.63) is 0 Å². The van der Waals surface area contributed by atoms with Crippen molar-refractivity contribution in [2.24, 2.45) is 59.2 Å². The van der Waals surface area contributed by atoms with E-state index in [4.69, 9.17) is 5.11 Å². The fourth-order valence-electron chi connectivity index (χ4n) is 8.11. The summed E-state index contributed by atoms with van der Waals surface area (Å²) in [5.74, 6) is 4.45. The second-order valence-corrected chi connectivity index (χ2v) is 10.8. The Kier molecular flexibility index (Phi) is 10.6. The third kappa shape index (κ3) is 5.66. The summed E-state index contributed by atoms with van der Waals surface area (Å²) >= 11 is 0. The summed E-state index contributed by atoms with van der Waals surface area (Å²) in [4.78, 5) is 22.2. The quantitative estimate of drug-likeness (QED) is 0.459. The van der Waals surface area contributed by atoms with E-state index in [0.29, 0.717) is 17.8 Å². The lowest BCUT2D eigenvalue weighted by molar-refractivity contribution is -0.145. The van der Waals surface area contributed by atoms with Crippen LogP contribution in [0.15, 0.2) is 0 Å². The van der Waals surface area contributed by atoms with Crippen molar-refractivity contribution in [3.63, 3.8) is 0 Å². The third-order valence-electron chi connectivity index (χ3n) is 8.89. The summed E-state index contributed by atoms with van der Waals surface area (Å²) < 4.78 is 0. The Morgan fingerprint density at radius 1 is 0.742 bits per heavy atom. The molecule has 0 spiro atoms. The summed E-state index contributed by atoms with van der Waals surface area (Å²) in [6, 6.07) is 0. The van der Waals surface area contributed by atoms with E-state index in [0.717, 1.165) is 61.7 Å². The number of aliphatic carboxylic acids is 2. The summed E-state index contributed by atoms with van der Waals surface area (Å²) in [7, 11) is 0. The molecule has 182 valence electrons. The van der Waals surface area contributed by atoms with E-state index >= 15 is 0 Å². The monoisotopic (exact) mass is 438 g/mol. The van der Waals surface area contributed by atoms with Crippen LogP contribution in [0.4, 0.5) is 0 Å². The first-order chi connectivity index (χ1) is 13.8. The highest BCUT2D eigenvalue weighted by Gasteiger charge is 2.60. The number of carboxylic acid groups (broad SMARTS) is 2. The molecule has 0 heterocycles. The van der Waals surface area contributed by atoms with Gasteiger partial charge in [-0.15, -0.1) is 0 Å². The Balaban J connectivity index is 0.000000308. The van der Waals surface area contributed by atoms with Gasteiger partial charge in [0.2, 0.25) is 0 Å². The Morgan fingerprint density at radius 2 is 1.32 bits per heavy atom. The molecular formula is C27H50O4. The van der Waals surface area contributed by atoms with E-state index in [1.54, 1.807) is 0 Å². The number of hydrogen-bond acceptors (Lipinski definition) is 2. The molecule has 4 aliphatic rings. The smallest absolute Gasteiger partial charge is 0.306 e. The molecule has 4 heteroatoms. The van der Waals surface area contributed by atoms with Crippen LogP contribution in [0, 0.1) is 59.2 Å². The number of fused-ring (bicyclic) bond motifs is 5. The van der Waals surface area contributed by atoms with Crippen molar-refractivity contribution in [2.75, 3.05) is 0 Å². The Labute approximate surface area is 191 Å². The number of carbonyl (C=O) groups is 2. The van der Waals surface area contributed by atoms with E-state index in [9.17, 15) is 14.7 Å². The lowest BCUT2D eigenvalue weighted by Crippen LogP contribution is -2.33. The standard InChI is InChI=1S/C15H24O2.C10H18O2.2CH4/c1-3-4-9-5-8(2)13-10-6-11(14(9)13)12(7-10)15(16)17;1-3-4-8-5-7(2)6-9(8)10(11)12;;/h8-14H,3-7H2,1-2H3,(H,16,17);7-9H,3-6H2,1-2H3,(H,11,12);2*1H4. The predicted molar refractivity (Wildman–Crippen MR) is 128 cm³/mol. The molecule has 0 aromatic heterocycles. The lowest BCUT2D eigenvalue weighted by Gasteiger charge is -2.33. The molecule has 0 aliphatic heterocycles. The van der Waals surface area contributed by atoms with Gasteiger partial charge in [-0.2, -0.15) is 0 Å². The van der Waals surface area contributed by atoms with E-state index in [-0.39, 0.29) is 26.7 Å². The number of carboxylic acids is 2. The highest BCUT2D eigenvalue weighted by atomic mass is 16.4. The molecule has 10 unspecified atom stereocenters. The van der Waals surface area contributed by atoms with Crippen molar-refractivity contribution in [1.82, 2.24) is 0 Å². The number of hydrogen-bond donors (Lipinski definition) is 2. The van der Waals surface area contributed by atoms with Gasteiger partial charge in [0.15, 0.2) is 0 Å². The largest absolute Gasteiger partial charge is 0.481 e. The zero-order valence-corrected chi connectivity index (χ0v) is 18.8. The molecule has 0 amide bonds. The number of rotatable bonds is 6. The van der Waals surface area contributed by atoms with Gasteiger partial charge in [0.1, 0.15) is 0 Å². The van der Waals surface area contributed by atoms with E-state index in [1.807, 2.05) is 0 Å². The van der Waals surface area contributed by atoms with Gasteiger partial charge < -0.3 is 10.2 Å². The second kappa shape index (κ2) is 11.7.